The molecule has 1 N–H and O–H groups in total. The van der Waals surface area contributed by atoms with Gasteiger partial charge in [-0.15, -0.1) is 11.8 Å². The van der Waals surface area contributed by atoms with Gasteiger partial charge >= 0.3 is 0 Å². The lowest BCUT2D eigenvalue weighted by Crippen LogP contribution is -2.16. The molecule has 1 amide bonds. The Labute approximate surface area is 180 Å². The first-order chi connectivity index (χ1) is 14.1. The summed E-state index contributed by atoms with van der Waals surface area (Å²) in [5, 5.41) is 3.63. The molecule has 0 aliphatic carbocycles. The summed E-state index contributed by atoms with van der Waals surface area (Å²) in [6, 6.07) is 23.1. The molecule has 6 heteroatoms. The van der Waals surface area contributed by atoms with Crippen molar-refractivity contribution < 1.29 is 14.3 Å². The van der Waals surface area contributed by atoms with Crippen LogP contribution in [0.25, 0.3) is 0 Å². The van der Waals surface area contributed by atoms with Gasteiger partial charge in [0.2, 0.25) is 5.91 Å². The lowest BCUT2D eigenvalue weighted by molar-refractivity contribution is -0.113. The predicted octanol–water partition coefficient (Wildman–Crippen LogP) is 5.82. The summed E-state index contributed by atoms with van der Waals surface area (Å²) < 4.78 is 10.6. The van der Waals surface area contributed by atoms with E-state index in [1.165, 1.54) is 0 Å². The van der Waals surface area contributed by atoms with E-state index in [-0.39, 0.29) is 16.9 Å². The zero-order chi connectivity index (χ0) is 20.6. The van der Waals surface area contributed by atoms with Crippen LogP contribution in [0.5, 0.6) is 11.5 Å². The molecule has 3 aromatic rings. The lowest BCUT2D eigenvalue weighted by atomic mass is 10.0. The van der Waals surface area contributed by atoms with Crippen LogP contribution in [0.15, 0.2) is 72.8 Å². The maximum absolute atomic E-state index is 12.7. The van der Waals surface area contributed by atoms with Crippen LogP contribution >= 0.6 is 23.4 Å². The van der Waals surface area contributed by atoms with Gasteiger partial charge in [0, 0.05) is 11.1 Å². The van der Waals surface area contributed by atoms with Gasteiger partial charge in [-0.05, 0) is 35.4 Å². The molecule has 0 heterocycles. The van der Waals surface area contributed by atoms with Crippen LogP contribution < -0.4 is 14.8 Å². The van der Waals surface area contributed by atoms with Gasteiger partial charge in [0.1, 0.15) is 11.5 Å². The van der Waals surface area contributed by atoms with Crippen molar-refractivity contribution in [3.8, 4) is 11.5 Å². The minimum Gasteiger partial charge on any atom is -0.497 e. The first kappa shape index (κ1) is 21.1. The molecule has 0 aliphatic rings. The summed E-state index contributed by atoms with van der Waals surface area (Å²) in [7, 11) is 3.15. The van der Waals surface area contributed by atoms with Crippen LogP contribution in [0.4, 0.5) is 5.69 Å². The SMILES string of the molecule is COc1ccc(OC)c(NC(=O)CSC(c2ccccc2)c2ccc(Cl)cc2)c1. The molecule has 4 nitrogen and oxygen atoms in total. The third-order valence-corrected chi connectivity index (χ3v) is 5.90. The molecule has 3 rings (SSSR count). The normalized spacial score (nSPS) is 11.6. The van der Waals surface area contributed by atoms with Crippen molar-refractivity contribution in [3.63, 3.8) is 0 Å². The molecule has 0 saturated carbocycles. The standard InChI is InChI=1S/C23H22ClNO3S/c1-27-19-12-13-21(28-2)20(14-19)25-22(26)15-29-23(16-6-4-3-5-7-16)17-8-10-18(24)11-9-17/h3-14,23H,15H2,1-2H3,(H,25,26). The number of ether oxygens (including phenoxy) is 2. The van der Waals surface area contributed by atoms with Crippen molar-refractivity contribution in [2.75, 3.05) is 25.3 Å². The Morgan fingerprint density at radius 3 is 2.31 bits per heavy atom. The topological polar surface area (TPSA) is 47.6 Å². The molecule has 0 fully saturated rings. The summed E-state index contributed by atoms with van der Waals surface area (Å²) >= 11 is 7.60. The molecule has 1 unspecified atom stereocenters. The molecule has 0 aromatic heterocycles. The van der Waals surface area contributed by atoms with Crippen molar-refractivity contribution in [1.82, 2.24) is 0 Å². The average molecular weight is 428 g/mol. The summed E-state index contributed by atoms with van der Waals surface area (Å²) in [5.74, 6) is 1.40. The maximum atomic E-state index is 12.7. The Hall–Kier alpha value is -2.63. The Morgan fingerprint density at radius 1 is 0.966 bits per heavy atom. The zero-order valence-electron chi connectivity index (χ0n) is 16.2. The Morgan fingerprint density at radius 2 is 1.66 bits per heavy atom. The van der Waals surface area contributed by atoms with Gasteiger partial charge in [-0.25, -0.2) is 0 Å². The van der Waals surface area contributed by atoms with E-state index in [9.17, 15) is 4.79 Å². The number of thioether (sulfide) groups is 1. The second kappa shape index (κ2) is 10.2. The third-order valence-electron chi connectivity index (χ3n) is 4.34. The second-order valence-corrected chi connectivity index (χ2v) is 7.80. The summed E-state index contributed by atoms with van der Waals surface area (Å²) in [6.07, 6.45) is 0. The minimum atomic E-state index is -0.114. The molecule has 150 valence electrons. The van der Waals surface area contributed by atoms with Crippen LogP contribution in [0.3, 0.4) is 0 Å². The van der Waals surface area contributed by atoms with E-state index in [4.69, 9.17) is 21.1 Å². The average Bonchev–Trinajstić information content (AvgIpc) is 2.75. The highest BCUT2D eigenvalue weighted by Crippen LogP contribution is 2.36. The number of hydrogen-bond acceptors (Lipinski definition) is 4. The molecule has 0 aliphatic heterocycles. The number of methoxy groups -OCH3 is 2. The Bertz CT molecular complexity index is 948. The van der Waals surface area contributed by atoms with E-state index in [0.717, 1.165) is 11.1 Å². The predicted molar refractivity (Wildman–Crippen MR) is 120 cm³/mol. The van der Waals surface area contributed by atoms with Gasteiger partial charge in [0.05, 0.1) is 30.9 Å². The van der Waals surface area contributed by atoms with Crippen LogP contribution in [0, 0.1) is 0 Å². The highest BCUT2D eigenvalue weighted by Gasteiger charge is 2.17. The van der Waals surface area contributed by atoms with E-state index in [2.05, 4.69) is 17.4 Å². The number of anilines is 1. The minimum absolute atomic E-state index is 0.0198. The first-order valence-electron chi connectivity index (χ1n) is 9.04. The van der Waals surface area contributed by atoms with Gasteiger partial charge in [0.15, 0.2) is 0 Å². The summed E-state index contributed by atoms with van der Waals surface area (Å²) in [5.41, 5.74) is 2.81. The van der Waals surface area contributed by atoms with E-state index in [1.54, 1.807) is 44.2 Å². The molecule has 3 aromatic carbocycles. The fourth-order valence-electron chi connectivity index (χ4n) is 2.91. The summed E-state index contributed by atoms with van der Waals surface area (Å²) in [6.45, 7) is 0. The molecular weight excluding hydrogens is 406 g/mol. The number of nitrogens with one attached hydrogen (secondary N) is 1. The van der Waals surface area contributed by atoms with Gasteiger partial charge in [0.25, 0.3) is 0 Å². The molecule has 0 spiro atoms. The van der Waals surface area contributed by atoms with E-state index >= 15 is 0 Å². The number of halogens is 1. The van der Waals surface area contributed by atoms with Crippen molar-refractivity contribution in [3.05, 3.63) is 88.9 Å². The number of benzene rings is 3. The molecule has 1 atom stereocenters. The van der Waals surface area contributed by atoms with Crippen LogP contribution in [-0.4, -0.2) is 25.9 Å². The number of rotatable bonds is 8. The van der Waals surface area contributed by atoms with Crippen molar-refractivity contribution in [2.45, 2.75) is 5.25 Å². The van der Waals surface area contributed by atoms with Gasteiger partial charge in [-0.3, -0.25) is 4.79 Å². The van der Waals surface area contributed by atoms with Crippen LogP contribution in [-0.2, 0) is 4.79 Å². The van der Waals surface area contributed by atoms with Crippen molar-refractivity contribution in [2.24, 2.45) is 0 Å². The Kier molecular flexibility index (Phi) is 7.44. The van der Waals surface area contributed by atoms with E-state index in [0.29, 0.717) is 22.2 Å². The molecule has 0 bridgehead atoms. The van der Waals surface area contributed by atoms with Crippen molar-refractivity contribution >= 4 is 35.0 Å². The van der Waals surface area contributed by atoms with Crippen LogP contribution in [0.2, 0.25) is 5.02 Å². The quantitative estimate of drug-likeness (QED) is 0.492. The largest absolute Gasteiger partial charge is 0.497 e. The molecule has 0 saturated heterocycles. The van der Waals surface area contributed by atoms with Crippen molar-refractivity contribution in [1.29, 1.82) is 0 Å². The fourth-order valence-corrected chi connectivity index (χ4v) is 4.12. The molecule has 29 heavy (non-hydrogen) atoms. The Balaban J connectivity index is 1.74. The number of amides is 1. The number of carbonyl (C=O) groups excluding carboxylic acids is 1. The monoisotopic (exact) mass is 427 g/mol. The van der Waals surface area contributed by atoms with Gasteiger partial charge in [-0.1, -0.05) is 54.1 Å². The highest BCUT2D eigenvalue weighted by molar-refractivity contribution is 8.00. The second-order valence-electron chi connectivity index (χ2n) is 6.27. The first-order valence-corrected chi connectivity index (χ1v) is 10.5. The molecular formula is C23H22ClNO3S. The lowest BCUT2D eigenvalue weighted by Gasteiger charge is -2.18. The molecule has 0 radical (unpaired) electrons. The highest BCUT2D eigenvalue weighted by atomic mass is 35.5. The maximum Gasteiger partial charge on any atom is 0.234 e. The number of carbonyl (C=O) groups is 1. The fraction of sp³-hybridized carbons (Fsp3) is 0.174. The zero-order valence-corrected chi connectivity index (χ0v) is 17.8. The van der Waals surface area contributed by atoms with Gasteiger partial charge < -0.3 is 14.8 Å². The van der Waals surface area contributed by atoms with E-state index in [1.807, 2.05) is 42.5 Å². The number of hydrogen-bond donors (Lipinski definition) is 1. The van der Waals surface area contributed by atoms with Gasteiger partial charge in [-0.2, -0.15) is 0 Å². The van der Waals surface area contributed by atoms with E-state index < -0.39 is 0 Å². The third kappa shape index (κ3) is 5.68. The smallest absolute Gasteiger partial charge is 0.234 e. The van der Waals surface area contributed by atoms with Crippen LogP contribution in [0.1, 0.15) is 16.4 Å². The summed E-state index contributed by atoms with van der Waals surface area (Å²) in [4.78, 5) is 12.7.